The zero-order valence-electron chi connectivity index (χ0n) is 9.40. The van der Waals surface area contributed by atoms with E-state index in [4.69, 9.17) is 9.47 Å². The number of rotatable bonds is 5. The van der Waals surface area contributed by atoms with Gasteiger partial charge in [-0.25, -0.2) is 0 Å². The number of esters is 1. The van der Waals surface area contributed by atoms with E-state index in [1.54, 1.807) is 6.92 Å². The van der Waals surface area contributed by atoms with E-state index in [1.807, 2.05) is 31.2 Å². The smallest absolute Gasteiger partial charge is 0.309 e. The van der Waals surface area contributed by atoms with E-state index in [2.05, 4.69) is 15.9 Å². The summed E-state index contributed by atoms with van der Waals surface area (Å²) in [5, 5.41) is 0. The van der Waals surface area contributed by atoms with Crippen molar-refractivity contribution in [3.63, 3.8) is 0 Å². The van der Waals surface area contributed by atoms with Crippen LogP contribution in [0.3, 0.4) is 0 Å². The fourth-order valence-electron chi connectivity index (χ4n) is 1.24. The summed E-state index contributed by atoms with van der Waals surface area (Å²) >= 11 is 3.34. The third-order valence-corrected chi connectivity index (χ3v) is 2.44. The third kappa shape index (κ3) is 4.66. The highest BCUT2D eigenvalue weighted by Gasteiger charge is 2.11. The maximum Gasteiger partial charge on any atom is 0.309 e. The van der Waals surface area contributed by atoms with Crippen LogP contribution >= 0.6 is 15.9 Å². The van der Waals surface area contributed by atoms with Crippen molar-refractivity contribution < 1.29 is 14.3 Å². The van der Waals surface area contributed by atoms with E-state index in [0.29, 0.717) is 6.61 Å². The average Bonchev–Trinajstić information content (AvgIpc) is 2.21. The average molecular weight is 287 g/mol. The van der Waals surface area contributed by atoms with Gasteiger partial charge in [-0.2, -0.15) is 0 Å². The molecule has 0 heterocycles. The number of benzene rings is 1. The Hall–Kier alpha value is -1.03. The molecule has 0 N–H and O–H groups in total. The summed E-state index contributed by atoms with van der Waals surface area (Å²) < 4.78 is 11.4. The quantitative estimate of drug-likeness (QED) is 0.780. The molecule has 1 aromatic carbocycles. The Kier molecular flexibility index (Phi) is 5.32. The number of halogens is 1. The molecule has 1 unspecified atom stereocenters. The van der Waals surface area contributed by atoms with Crippen LogP contribution in [0.4, 0.5) is 0 Å². The highest BCUT2D eigenvalue weighted by atomic mass is 79.9. The normalized spacial score (nSPS) is 11.9. The zero-order valence-corrected chi connectivity index (χ0v) is 11.0. The summed E-state index contributed by atoms with van der Waals surface area (Å²) in [6.07, 6.45) is 0.0874. The standard InChI is InChI=1S/C12H15BrO3/c1-3-15-12(14)8-9(2)16-11-6-4-10(13)5-7-11/h4-7,9H,3,8H2,1-2H3. The molecule has 0 saturated heterocycles. The fraction of sp³-hybridized carbons (Fsp3) is 0.417. The fourth-order valence-corrected chi connectivity index (χ4v) is 1.51. The molecule has 0 radical (unpaired) electrons. The molecule has 0 bridgehead atoms. The van der Waals surface area contributed by atoms with Gasteiger partial charge in [-0.3, -0.25) is 4.79 Å². The lowest BCUT2D eigenvalue weighted by atomic mass is 10.3. The Balaban J connectivity index is 2.42. The van der Waals surface area contributed by atoms with Gasteiger partial charge in [0.25, 0.3) is 0 Å². The van der Waals surface area contributed by atoms with E-state index >= 15 is 0 Å². The predicted molar refractivity (Wildman–Crippen MR) is 65.5 cm³/mol. The second-order valence-corrected chi connectivity index (χ2v) is 4.31. The lowest BCUT2D eigenvalue weighted by Gasteiger charge is -2.13. The van der Waals surface area contributed by atoms with Gasteiger partial charge in [0.2, 0.25) is 0 Å². The molecular formula is C12H15BrO3. The summed E-state index contributed by atoms with van der Waals surface area (Å²) in [4.78, 5) is 11.2. The van der Waals surface area contributed by atoms with Crippen molar-refractivity contribution in [1.29, 1.82) is 0 Å². The lowest BCUT2D eigenvalue weighted by Crippen LogP contribution is -2.18. The molecule has 0 saturated carbocycles. The Morgan fingerprint density at radius 1 is 1.38 bits per heavy atom. The molecule has 1 rings (SSSR count). The lowest BCUT2D eigenvalue weighted by molar-refractivity contribution is -0.144. The van der Waals surface area contributed by atoms with E-state index < -0.39 is 0 Å². The van der Waals surface area contributed by atoms with Gasteiger partial charge in [-0.1, -0.05) is 15.9 Å². The molecule has 1 aromatic rings. The second kappa shape index (κ2) is 6.53. The second-order valence-electron chi connectivity index (χ2n) is 3.39. The van der Waals surface area contributed by atoms with Crippen molar-refractivity contribution in [3.05, 3.63) is 28.7 Å². The van der Waals surface area contributed by atoms with Gasteiger partial charge in [0.1, 0.15) is 11.9 Å². The van der Waals surface area contributed by atoms with E-state index in [0.717, 1.165) is 10.2 Å². The van der Waals surface area contributed by atoms with Gasteiger partial charge in [0.05, 0.1) is 13.0 Å². The minimum atomic E-state index is -0.230. The summed E-state index contributed by atoms with van der Waals surface area (Å²) in [7, 11) is 0. The first-order valence-corrected chi connectivity index (χ1v) is 5.99. The number of carbonyl (C=O) groups is 1. The Bertz CT molecular complexity index is 335. The first-order valence-electron chi connectivity index (χ1n) is 5.19. The van der Waals surface area contributed by atoms with Crippen LogP contribution in [0, 0.1) is 0 Å². The van der Waals surface area contributed by atoms with E-state index in [-0.39, 0.29) is 18.5 Å². The molecule has 0 aromatic heterocycles. The van der Waals surface area contributed by atoms with Crippen LogP contribution in [0.25, 0.3) is 0 Å². The molecular weight excluding hydrogens is 272 g/mol. The number of hydrogen-bond acceptors (Lipinski definition) is 3. The highest BCUT2D eigenvalue weighted by molar-refractivity contribution is 9.10. The largest absolute Gasteiger partial charge is 0.490 e. The summed E-state index contributed by atoms with van der Waals surface area (Å²) in [5.74, 6) is 0.520. The molecule has 0 aliphatic rings. The van der Waals surface area contributed by atoms with Crippen molar-refractivity contribution in [2.75, 3.05) is 6.61 Å². The molecule has 0 aliphatic heterocycles. The minimum Gasteiger partial charge on any atom is -0.490 e. The zero-order chi connectivity index (χ0) is 12.0. The van der Waals surface area contributed by atoms with Crippen LogP contribution in [-0.4, -0.2) is 18.7 Å². The van der Waals surface area contributed by atoms with Crippen LogP contribution < -0.4 is 4.74 Å². The van der Waals surface area contributed by atoms with Crippen LogP contribution in [-0.2, 0) is 9.53 Å². The van der Waals surface area contributed by atoms with E-state index in [9.17, 15) is 4.79 Å². The van der Waals surface area contributed by atoms with Gasteiger partial charge >= 0.3 is 5.97 Å². The van der Waals surface area contributed by atoms with Crippen LogP contribution in [0.5, 0.6) is 5.75 Å². The molecule has 0 fully saturated rings. The number of hydrogen-bond donors (Lipinski definition) is 0. The SMILES string of the molecule is CCOC(=O)CC(C)Oc1ccc(Br)cc1. The van der Waals surface area contributed by atoms with Crippen LogP contribution in [0.15, 0.2) is 28.7 Å². The van der Waals surface area contributed by atoms with Gasteiger partial charge in [0.15, 0.2) is 0 Å². The van der Waals surface area contributed by atoms with Crippen molar-refractivity contribution in [2.24, 2.45) is 0 Å². The van der Waals surface area contributed by atoms with Gasteiger partial charge in [-0.05, 0) is 38.1 Å². The summed E-state index contributed by atoms with van der Waals surface area (Å²) in [6.45, 7) is 4.04. The van der Waals surface area contributed by atoms with Gasteiger partial charge < -0.3 is 9.47 Å². The molecule has 0 aliphatic carbocycles. The van der Waals surface area contributed by atoms with Gasteiger partial charge in [0, 0.05) is 4.47 Å². The van der Waals surface area contributed by atoms with Crippen LogP contribution in [0.1, 0.15) is 20.3 Å². The Labute approximate surface area is 104 Å². The first kappa shape index (κ1) is 13.0. The highest BCUT2D eigenvalue weighted by Crippen LogP contribution is 2.18. The monoisotopic (exact) mass is 286 g/mol. The predicted octanol–water partition coefficient (Wildman–Crippen LogP) is 3.17. The Morgan fingerprint density at radius 3 is 2.56 bits per heavy atom. The number of carbonyl (C=O) groups excluding carboxylic acids is 1. The van der Waals surface area contributed by atoms with Crippen molar-refractivity contribution in [2.45, 2.75) is 26.4 Å². The topological polar surface area (TPSA) is 35.5 Å². The molecule has 0 spiro atoms. The summed E-state index contributed by atoms with van der Waals surface area (Å²) in [5.41, 5.74) is 0. The molecule has 0 amide bonds. The maximum atomic E-state index is 11.2. The molecule has 4 heteroatoms. The maximum absolute atomic E-state index is 11.2. The van der Waals surface area contributed by atoms with E-state index in [1.165, 1.54) is 0 Å². The van der Waals surface area contributed by atoms with Crippen molar-refractivity contribution >= 4 is 21.9 Å². The first-order chi connectivity index (χ1) is 7.61. The molecule has 16 heavy (non-hydrogen) atoms. The summed E-state index contributed by atoms with van der Waals surface area (Å²) in [6, 6.07) is 7.50. The number of ether oxygens (including phenoxy) is 2. The van der Waals surface area contributed by atoms with Crippen molar-refractivity contribution in [1.82, 2.24) is 0 Å². The van der Waals surface area contributed by atoms with Crippen molar-refractivity contribution in [3.8, 4) is 5.75 Å². The van der Waals surface area contributed by atoms with Crippen LogP contribution in [0.2, 0.25) is 0 Å². The molecule has 1 atom stereocenters. The van der Waals surface area contributed by atoms with Gasteiger partial charge in [-0.15, -0.1) is 0 Å². The molecule has 3 nitrogen and oxygen atoms in total. The minimum absolute atomic E-state index is 0.180. The third-order valence-electron chi connectivity index (χ3n) is 1.91. The Morgan fingerprint density at radius 2 is 2.00 bits per heavy atom. The molecule has 88 valence electrons.